The van der Waals surface area contributed by atoms with Crippen molar-refractivity contribution in [1.29, 1.82) is 0 Å². The van der Waals surface area contributed by atoms with Gasteiger partial charge in [-0.25, -0.2) is 0 Å². The Bertz CT molecular complexity index is 478. The lowest BCUT2D eigenvalue weighted by Crippen LogP contribution is -2.12. The molecule has 0 amide bonds. The summed E-state index contributed by atoms with van der Waals surface area (Å²) in [5.74, 6) is 0. The van der Waals surface area contributed by atoms with Gasteiger partial charge >= 0.3 is 0 Å². The number of hydrogen-bond donors (Lipinski definition) is 1. The van der Waals surface area contributed by atoms with Crippen LogP contribution in [0.2, 0.25) is 0 Å². The standard InChI is InChI=1S/C13H16N2/c1-15-9-7-11-10(4-2-6-13(11)15)12-5-3-8-14-12/h2,4,6-7,9,12,14H,3,5,8H2,1H3. The number of aromatic nitrogens is 1. The molecule has 1 aliphatic heterocycles. The second-order valence-electron chi connectivity index (χ2n) is 4.36. The third kappa shape index (κ3) is 1.37. The molecule has 2 aromatic rings. The largest absolute Gasteiger partial charge is 0.351 e. The molecule has 0 radical (unpaired) electrons. The fourth-order valence-electron chi connectivity index (χ4n) is 2.58. The van der Waals surface area contributed by atoms with Gasteiger partial charge in [0.15, 0.2) is 0 Å². The fraction of sp³-hybridized carbons (Fsp3) is 0.385. The van der Waals surface area contributed by atoms with Crippen molar-refractivity contribution in [2.24, 2.45) is 7.05 Å². The van der Waals surface area contributed by atoms with Crippen molar-refractivity contribution in [3.05, 3.63) is 36.0 Å². The SMILES string of the molecule is Cn1ccc2c(C3CCCN3)cccc21. The number of rotatable bonds is 1. The zero-order chi connectivity index (χ0) is 10.3. The van der Waals surface area contributed by atoms with Crippen LogP contribution in [0.3, 0.4) is 0 Å². The Kier molecular flexibility index (Phi) is 2.03. The van der Waals surface area contributed by atoms with Gasteiger partial charge in [-0.3, -0.25) is 0 Å². The van der Waals surface area contributed by atoms with Gasteiger partial charge in [-0.15, -0.1) is 0 Å². The lowest BCUT2D eigenvalue weighted by Gasteiger charge is -2.12. The van der Waals surface area contributed by atoms with Gasteiger partial charge in [-0.05, 0) is 37.1 Å². The minimum absolute atomic E-state index is 0.566. The summed E-state index contributed by atoms with van der Waals surface area (Å²) in [7, 11) is 2.11. The van der Waals surface area contributed by atoms with E-state index in [1.165, 1.54) is 29.3 Å². The Morgan fingerprint density at radius 2 is 2.27 bits per heavy atom. The molecule has 1 aromatic carbocycles. The molecule has 78 valence electrons. The molecule has 1 unspecified atom stereocenters. The van der Waals surface area contributed by atoms with E-state index in [9.17, 15) is 0 Å². The normalized spacial score (nSPS) is 21.3. The van der Waals surface area contributed by atoms with Crippen molar-refractivity contribution in [2.75, 3.05) is 6.54 Å². The van der Waals surface area contributed by atoms with E-state index in [2.05, 4.69) is 47.4 Å². The summed E-state index contributed by atoms with van der Waals surface area (Å²) in [5.41, 5.74) is 2.80. The fourth-order valence-corrected chi connectivity index (χ4v) is 2.58. The van der Waals surface area contributed by atoms with Crippen LogP contribution in [-0.4, -0.2) is 11.1 Å². The van der Waals surface area contributed by atoms with E-state index in [1.54, 1.807) is 0 Å². The van der Waals surface area contributed by atoms with E-state index in [0.29, 0.717) is 6.04 Å². The van der Waals surface area contributed by atoms with Gasteiger partial charge in [0.05, 0.1) is 0 Å². The number of hydrogen-bond acceptors (Lipinski definition) is 1. The molecule has 2 heterocycles. The van der Waals surface area contributed by atoms with E-state index in [4.69, 9.17) is 0 Å². The van der Waals surface area contributed by atoms with E-state index in [0.717, 1.165) is 6.54 Å². The minimum Gasteiger partial charge on any atom is -0.351 e. The highest BCUT2D eigenvalue weighted by Crippen LogP contribution is 2.29. The summed E-state index contributed by atoms with van der Waals surface area (Å²) in [6.45, 7) is 1.16. The monoisotopic (exact) mass is 200 g/mol. The van der Waals surface area contributed by atoms with Gasteiger partial charge in [0.2, 0.25) is 0 Å². The summed E-state index contributed by atoms with van der Waals surface area (Å²) < 4.78 is 2.19. The first kappa shape index (κ1) is 8.98. The van der Waals surface area contributed by atoms with Crippen LogP contribution < -0.4 is 5.32 Å². The topological polar surface area (TPSA) is 17.0 Å². The molecular weight excluding hydrogens is 184 g/mol. The number of nitrogens with one attached hydrogen (secondary N) is 1. The first-order valence-electron chi connectivity index (χ1n) is 5.63. The lowest BCUT2D eigenvalue weighted by atomic mass is 10.0. The van der Waals surface area contributed by atoms with E-state index < -0.39 is 0 Å². The summed E-state index contributed by atoms with van der Waals surface area (Å²) in [5, 5.41) is 4.97. The molecule has 1 aliphatic rings. The van der Waals surface area contributed by atoms with Crippen LogP contribution in [0.15, 0.2) is 30.5 Å². The molecule has 1 aromatic heterocycles. The maximum absolute atomic E-state index is 3.57. The van der Waals surface area contributed by atoms with Gasteiger partial charge in [0.25, 0.3) is 0 Å². The number of nitrogens with zero attached hydrogens (tertiary/aromatic N) is 1. The van der Waals surface area contributed by atoms with Crippen LogP contribution in [0.1, 0.15) is 24.4 Å². The molecule has 0 saturated carbocycles. The molecule has 1 atom stereocenters. The predicted octanol–water partition coefficient (Wildman–Crippen LogP) is 2.60. The zero-order valence-electron chi connectivity index (χ0n) is 9.03. The molecule has 2 heteroatoms. The second kappa shape index (κ2) is 3.38. The number of fused-ring (bicyclic) bond motifs is 1. The van der Waals surface area contributed by atoms with Crippen LogP contribution in [-0.2, 0) is 7.05 Å². The van der Waals surface area contributed by atoms with Crippen LogP contribution in [0, 0.1) is 0 Å². The molecule has 3 rings (SSSR count). The molecule has 1 fully saturated rings. The molecular formula is C13H16N2. The van der Waals surface area contributed by atoms with E-state index >= 15 is 0 Å². The van der Waals surface area contributed by atoms with Gasteiger partial charge in [-0.1, -0.05) is 12.1 Å². The van der Waals surface area contributed by atoms with Crippen molar-refractivity contribution < 1.29 is 0 Å². The molecule has 2 nitrogen and oxygen atoms in total. The highest BCUT2D eigenvalue weighted by Gasteiger charge is 2.18. The first-order valence-corrected chi connectivity index (χ1v) is 5.63. The van der Waals surface area contributed by atoms with Crippen LogP contribution >= 0.6 is 0 Å². The lowest BCUT2D eigenvalue weighted by molar-refractivity contribution is 0.653. The Hall–Kier alpha value is -1.28. The average molecular weight is 200 g/mol. The van der Waals surface area contributed by atoms with Gasteiger partial charge in [0, 0.05) is 30.2 Å². The molecule has 0 spiro atoms. The molecule has 15 heavy (non-hydrogen) atoms. The third-order valence-corrected chi connectivity index (χ3v) is 3.40. The number of benzene rings is 1. The van der Waals surface area contributed by atoms with E-state index in [-0.39, 0.29) is 0 Å². The predicted molar refractivity (Wildman–Crippen MR) is 62.9 cm³/mol. The maximum atomic E-state index is 3.57. The summed E-state index contributed by atoms with van der Waals surface area (Å²) >= 11 is 0. The second-order valence-corrected chi connectivity index (χ2v) is 4.36. The summed E-state index contributed by atoms with van der Waals surface area (Å²) in [6, 6.07) is 9.40. The maximum Gasteiger partial charge on any atom is 0.0481 e. The Morgan fingerprint density at radius 3 is 3.07 bits per heavy atom. The Labute approximate surface area is 89.9 Å². The molecule has 1 N–H and O–H groups in total. The summed E-state index contributed by atoms with van der Waals surface area (Å²) in [6.07, 6.45) is 4.71. The average Bonchev–Trinajstić information content (AvgIpc) is 2.88. The Morgan fingerprint density at radius 1 is 1.33 bits per heavy atom. The van der Waals surface area contributed by atoms with Gasteiger partial charge in [-0.2, -0.15) is 0 Å². The van der Waals surface area contributed by atoms with E-state index in [1.807, 2.05) is 0 Å². The van der Waals surface area contributed by atoms with Gasteiger partial charge < -0.3 is 9.88 Å². The quantitative estimate of drug-likeness (QED) is 0.748. The van der Waals surface area contributed by atoms with Crippen molar-refractivity contribution in [3.63, 3.8) is 0 Å². The number of aryl methyl sites for hydroxylation is 1. The van der Waals surface area contributed by atoms with Crippen molar-refractivity contribution in [2.45, 2.75) is 18.9 Å². The highest BCUT2D eigenvalue weighted by molar-refractivity contribution is 5.84. The molecule has 0 aliphatic carbocycles. The first-order chi connectivity index (χ1) is 7.36. The van der Waals surface area contributed by atoms with Crippen LogP contribution in [0.25, 0.3) is 10.9 Å². The van der Waals surface area contributed by atoms with Crippen LogP contribution in [0.5, 0.6) is 0 Å². The minimum atomic E-state index is 0.566. The summed E-state index contributed by atoms with van der Waals surface area (Å²) in [4.78, 5) is 0. The zero-order valence-corrected chi connectivity index (χ0v) is 9.03. The molecule has 0 bridgehead atoms. The van der Waals surface area contributed by atoms with Crippen LogP contribution in [0.4, 0.5) is 0 Å². The third-order valence-electron chi connectivity index (χ3n) is 3.40. The Balaban J connectivity index is 2.17. The van der Waals surface area contributed by atoms with Crippen molar-refractivity contribution in [1.82, 2.24) is 9.88 Å². The van der Waals surface area contributed by atoms with Crippen molar-refractivity contribution >= 4 is 10.9 Å². The highest BCUT2D eigenvalue weighted by atomic mass is 14.9. The smallest absolute Gasteiger partial charge is 0.0481 e. The molecule has 1 saturated heterocycles. The van der Waals surface area contributed by atoms with Crippen molar-refractivity contribution in [3.8, 4) is 0 Å². The van der Waals surface area contributed by atoms with Gasteiger partial charge in [0.1, 0.15) is 0 Å².